The number of benzene rings is 1. The Kier molecular flexibility index (Phi) is 7.48. The minimum absolute atomic E-state index is 0.156. The number of para-hydroxylation sites is 2. The lowest BCUT2D eigenvalue weighted by Gasteiger charge is -2.13. The summed E-state index contributed by atoms with van der Waals surface area (Å²) in [5, 5.41) is 0. The van der Waals surface area contributed by atoms with Gasteiger partial charge in [-0.2, -0.15) is 4.98 Å². The number of amides is 1. The van der Waals surface area contributed by atoms with Gasteiger partial charge < -0.3 is 8.98 Å². The smallest absolute Gasteiger partial charge is 0.330 e. The molecular formula is C25H32N6O4. The first-order chi connectivity index (χ1) is 16.9. The standard InChI is InChI=1S/C25H32N6O4/c1-4-6-10-16-30-19(27-22-21(30)23(33)28-24(34)31(22)15-7-5-2)13-14-20(32)29(3)25-26-17-11-8-9-12-18(17)35-25/h8-9,11-12H,4-7,10,13-16H2,1-3H3,(H,28,33,34). The lowest BCUT2D eigenvalue weighted by molar-refractivity contribution is -0.118. The molecule has 0 radical (unpaired) electrons. The molecule has 1 amide bonds. The fourth-order valence-electron chi connectivity index (χ4n) is 4.19. The predicted molar refractivity (Wildman–Crippen MR) is 135 cm³/mol. The average molecular weight is 481 g/mol. The summed E-state index contributed by atoms with van der Waals surface area (Å²) in [4.78, 5) is 51.2. The Labute approximate surface area is 202 Å². The minimum atomic E-state index is -0.451. The van der Waals surface area contributed by atoms with Gasteiger partial charge in [-0.15, -0.1) is 0 Å². The van der Waals surface area contributed by atoms with Crippen molar-refractivity contribution in [2.45, 2.75) is 71.9 Å². The van der Waals surface area contributed by atoms with Crippen LogP contribution in [0.4, 0.5) is 6.01 Å². The molecule has 10 nitrogen and oxygen atoms in total. The van der Waals surface area contributed by atoms with Crippen molar-refractivity contribution in [2.75, 3.05) is 11.9 Å². The zero-order valence-corrected chi connectivity index (χ0v) is 20.5. The third kappa shape index (κ3) is 5.06. The molecule has 0 saturated heterocycles. The molecule has 1 N–H and O–H groups in total. The number of carbonyl (C=O) groups is 1. The topological polar surface area (TPSA) is 119 Å². The van der Waals surface area contributed by atoms with Crippen LogP contribution in [-0.4, -0.2) is 37.0 Å². The Balaban J connectivity index is 1.63. The molecule has 0 aliphatic heterocycles. The zero-order chi connectivity index (χ0) is 24.9. The van der Waals surface area contributed by atoms with Gasteiger partial charge in [-0.3, -0.25) is 24.0 Å². The highest BCUT2D eigenvalue weighted by Crippen LogP contribution is 2.22. The number of carbonyl (C=O) groups excluding carboxylic acids is 1. The van der Waals surface area contributed by atoms with Crippen molar-refractivity contribution in [3.63, 3.8) is 0 Å². The molecule has 0 aliphatic carbocycles. The molecule has 0 fully saturated rings. The number of rotatable bonds is 11. The molecule has 10 heteroatoms. The van der Waals surface area contributed by atoms with E-state index in [0.717, 1.165) is 32.1 Å². The van der Waals surface area contributed by atoms with E-state index in [1.165, 1.54) is 9.47 Å². The van der Waals surface area contributed by atoms with Crippen LogP contribution in [-0.2, 0) is 24.3 Å². The van der Waals surface area contributed by atoms with Gasteiger partial charge in [-0.1, -0.05) is 45.2 Å². The molecule has 1 aromatic carbocycles. The van der Waals surface area contributed by atoms with Crippen LogP contribution in [0.1, 0.15) is 58.2 Å². The number of H-pyrrole nitrogens is 1. The van der Waals surface area contributed by atoms with Crippen molar-refractivity contribution in [2.24, 2.45) is 0 Å². The number of anilines is 1. The summed E-state index contributed by atoms with van der Waals surface area (Å²) < 4.78 is 9.12. The first-order valence-corrected chi connectivity index (χ1v) is 12.3. The van der Waals surface area contributed by atoms with Crippen LogP contribution in [0, 0.1) is 0 Å². The number of aromatic amines is 1. The van der Waals surface area contributed by atoms with Gasteiger partial charge in [0.15, 0.2) is 16.7 Å². The van der Waals surface area contributed by atoms with Crippen molar-refractivity contribution in [3.8, 4) is 0 Å². The Morgan fingerprint density at radius 2 is 1.77 bits per heavy atom. The van der Waals surface area contributed by atoms with Crippen molar-refractivity contribution in [1.82, 2.24) is 24.1 Å². The van der Waals surface area contributed by atoms with Crippen LogP contribution >= 0.6 is 0 Å². The van der Waals surface area contributed by atoms with E-state index in [1.807, 2.05) is 29.7 Å². The van der Waals surface area contributed by atoms with Crippen LogP contribution in [0.25, 0.3) is 22.3 Å². The molecule has 0 saturated carbocycles. The molecule has 4 aromatic rings. The Bertz CT molecular complexity index is 1410. The monoisotopic (exact) mass is 480 g/mol. The van der Waals surface area contributed by atoms with Gasteiger partial charge in [0.25, 0.3) is 5.56 Å². The van der Waals surface area contributed by atoms with E-state index >= 15 is 0 Å². The van der Waals surface area contributed by atoms with Crippen LogP contribution in [0.3, 0.4) is 0 Å². The second kappa shape index (κ2) is 10.7. The summed E-state index contributed by atoms with van der Waals surface area (Å²) in [6.45, 7) is 5.24. The number of oxazole rings is 1. The number of hydrogen-bond acceptors (Lipinski definition) is 6. The number of unbranched alkanes of at least 4 members (excludes halogenated alkanes) is 3. The predicted octanol–water partition coefficient (Wildman–Crippen LogP) is 3.61. The Morgan fingerprint density at radius 3 is 2.51 bits per heavy atom. The van der Waals surface area contributed by atoms with E-state index in [0.29, 0.717) is 47.6 Å². The summed E-state index contributed by atoms with van der Waals surface area (Å²) in [5.74, 6) is 0.442. The maximum absolute atomic E-state index is 13.0. The van der Waals surface area contributed by atoms with Gasteiger partial charge in [-0.05, 0) is 25.0 Å². The molecule has 3 aromatic heterocycles. The van der Waals surface area contributed by atoms with Crippen LogP contribution < -0.4 is 16.1 Å². The van der Waals surface area contributed by atoms with Crippen molar-refractivity contribution in [1.29, 1.82) is 0 Å². The third-order valence-electron chi connectivity index (χ3n) is 6.19. The number of imidazole rings is 1. The molecule has 0 atom stereocenters. The summed E-state index contributed by atoms with van der Waals surface area (Å²) in [6, 6.07) is 7.58. The largest absolute Gasteiger partial charge is 0.423 e. The summed E-state index contributed by atoms with van der Waals surface area (Å²) in [7, 11) is 1.63. The van der Waals surface area contributed by atoms with Crippen LogP contribution in [0.2, 0.25) is 0 Å². The molecule has 0 unspecified atom stereocenters. The molecule has 35 heavy (non-hydrogen) atoms. The highest BCUT2D eigenvalue weighted by molar-refractivity contribution is 5.92. The quantitative estimate of drug-likeness (QED) is 0.328. The fourth-order valence-corrected chi connectivity index (χ4v) is 4.19. The van der Waals surface area contributed by atoms with Gasteiger partial charge in [0.05, 0.1) is 0 Å². The number of aromatic nitrogens is 5. The highest BCUT2D eigenvalue weighted by Gasteiger charge is 2.21. The van der Waals surface area contributed by atoms with E-state index in [2.05, 4.69) is 16.9 Å². The van der Waals surface area contributed by atoms with Gasteiger partial charge in [-0.25, -0.2) is 9.78 Å². The SMILES string of the molecule is CCCCCn1c(CCC(=O)N(C)c2nc3ccccc3o2)nc2c1c(=O)[nH]c(=O)n2CCCC. The van der Waals surface area contributed by atoms with Gasteiger partial charge in [0, 0.05) is 33.0 Å². The number of hydrogen-bond donors (Lipinski definition) is 1. The molecule has 3 heterocycles. The fraction of sp³-hybridized carbons (Fsp3) is 0.480. The van der Waals surface area contributed by atoms with E-state index in [-0.39, 0.29) is 18.3 Å². The molecule has 0 spiro atoms. The third-order valence-corrected chi connectivity index (χ3v) is 6.19. The summed E-state index contributed by atoms with van der Waals surface area (Å²) in [6.07, 6.45) is 5.11. The van der Waals surface area contributed by atoms with E-state index in [4.69, 9.17) is 9.40 Å². The van der Waals surface area contributed by atoms with E-state index < -0.39 is 11.2 Å². The first-order valence-electron chi connectivity index (χ1n) is 12.3. The van der Waals surface area contributed by atoms with Gasteiger partial charge in [0.2, 0.25) is 5.91 Å². The second-order valence-electron chi connectivity index (χ2n) is 8.74. The van der Waals surface area contributed by atoms with Gasteiger partial charge >= 0.3 is 11.7 Å². The number of fused-ring (bicyclic) bond motifs is 2. The van der Waals surface area contributed by atoms with E-state index in [9.17, 15) is 14.4 Å². The Morgan fingerprint density at radius 1 is 1.03 bits per heavy atom. The zero-order valence-electron chi connectivity index (χ0n) is 20.5. The second-order valence-corrected chi connectivity index (χ2v) is 8.74. The lowest BCUT2D eigenvalue weighted by atomic mass is 10.2. The first kappa shape index (κ1) is 24.4. The average Bonchev–Trinajstić information content (AvgIpc) is 3.44. The maximum Gasteiger partial charge on any atom is 0.330 e. The molecule has 186 valence electrons. The van der Waals surface area contributed by atoms with Crippen LogP contribution in [0.5, 0.6) is 0 Å². The summed E-state index contributed by atoms with van der Waals surface area (Å²) >= 11 is 0. The van der Waals surface area contributed by atoms with Crippen molar-refractivity contribution >= 4 is 34.2 Å². The minimum Gasteiger partial charge on any atom is -0.423 e. The van der Waals surface area contributed by atoms with Crippen molar-refractivity contribution in [3.05, 3.63) is 50.9 Å². The maximum atomic E-state index is 13.0. The highest BCUT2D eigenvalue weighted by atomic mass is 16.4. The molecular weight excluding hydrogens is 448 g/mol. The number of nitrogens with one attached hydrogen (secondary N) is 1. The molecule has 0 aliphatic rings. The Hall–Kier alpha value is -3.69. The summed E-state index contributed by atoms with van der Waals surface area (Å²) in [5.41, 5.74) is 1.19. The van der Waals surface area contributed by atoms with Crippen molar-refractivity contribution < 1.29 is 9.21 Å². The molecule has 4 rings (SSSR count). The van der Waals surface area contributed by atoms with Crippen LogP contribution in [0.15, 0.2) is 38.3 Å². The lowest BCUT2D eigenvalue weighted by Crippen LogP contribution is -2.31. The molecule has 0 bridgehead atoms. The number of aryl methyl sites for hydroxylation is 3. The van der Waals surface area contributed by atoms with E-state index in [1.54, 1.807) is 13.1 Å². The normalized spacial score (nSPS) is 11.5. The van der Waals surface area contributed by atoms with Gasteiger partial charge in [0.1, 0.15) is 11.3 Å². The number of nitrogens with zero attached hydrogens (tertiary/aromatic N) is 5.